The number of methoxy groups -OCH3 is 1. The Morgan fingerprint density at radius 1 is 1.00 bits per heavy atom. The van der Waals surface area contributed by atoms with Gasteiger partial charge in [-0.25, -0.2) is 9.79 Å². The fourth-order valence-electron chi connectivity index (χ4n) is 1.99. The maximum atomic E-state index is 11.6. The Labute approximate surface area is 133 Å². The molecule has 0 bridgehead atoms. The summed E-state index contributed by atoms with van der Waals surface area (Å²) in [6.45, 7) is 0. The number of guanidine groups is 2. The molecule has 0 aliphatic carbocycles. The van der Waals surface area contributed by atoms with Crippen LogP contribution in [0.1, 0.15) is 10.4 Å². The molecule has 2 aromatic rings. The van der Waals surface area contributed by atoms with Gasteiger partial charge in [-0.15, -0.1) is 0 Å². The summed E-state index contributed by atoms with van der Waals surface area (Å²) in [6, 6.07) is 14.4. The highest BCUT2D eigenvalue weighted by atomic mass is 16.5. The summed E-state index contributed by atoms with van der Waals surface area (Å²) in [5, 5.41) is 0. The number of hydrogen-bond acceptors (Lipinski definition) is 3. The van der Waals surface area contributed by atoms with E-state index in [2.05, 4.69) is 9.98 Å². The van der Waals surface area contributed by atoms with Gasteiger partial charge in [-0.2, -0.15) is 4.99 Å². The Morgan fingerprint density at radius 2 is 1.65 bits per heavy atom. The van der Waals surface area contributed by atoms with Gasteiger partial charge >= 0.3 is 5.97 Å². The van der Waals surface area contributed by atoms with Gasteiger partial charge in [0.05, 0.1) is 18.4 Å². The largest absolute Gasteiger partial charge is 0.465 e. The van der Waals surface area contributed by atoms with Crippen LogP contribution in [0.2, 0.25) is 0 Å². The van der Waals surface area contributed by atoms with E-state index in [1.807, 2.05) is 24.3 Å². The average Bonchev–Trinajstić information content (AvgIpc) is 2.53. The van der Waals surface area contributed by atoms with Gasteiger partial charge in [0, 0.05) is 0 Å². The third-order valence-electron chi connectivity index (χ3n) is 2.95. The monoisotopic (exact) mass is 311 g/mol. The SMILES string of the molecule is COC(=O)c1cccc(-c2cccc(N=C(N)N=C(N)N)c2)c1. The quantitative estimate of drug-likeness (QED) is 0.448. The van der Waals surface area contributed by atoms with Gasteiger partial charge in [0.15, 0.2) is 5.96 Å². The molecule has 0 aromatic heterocycles. The highest BCUT2D eigenvalue weighted by Gasteiger charge is 2.07. The number of nitrogens with zero attached hydrogens (tertiary/aromatic N) is 2. The van der Waals surface area contributed by atoms with Gasteiger partial charge in [-0.1, -0.05) is 24.3 Å². The van der Waals surface area contributed by atoms with Crippen molar-refractivity contribution in [3.8, 4) is 11.1 Å². The Hall–Kier alpha value is -3.35. The summed E-state index contributed by atoms with van der Waals surface area (Å²) in [4.78, 5) is 19.4. The minimum Gasteiger partial charge on any atom is -0.465 e. The van der Waals surface area contributed by atoms with E-state index in [1.165, 1.54) is 7.11 Å². The Morgan fingerprint density at radius 3 is 2.30 bits per heavy atom. The van der Waals surface area contributed by atoms with Crippen molar-refractivity contribution >= 4 is 23.6 Å². The minimum atomic E-state index is -0.391. The number of ether oxygens (including phenoxy) is 1. The second kappa shape index (κ2) is 7.08. The number of aliphatic imine (C=N–C) groups is 2. The van der Waals surface area contributed by atoms with Crippen LogP contribution in [0.3, 0.4) is 0 Å². The zero-order valence-electron chi connectivity index (χ0n) is 12.6. The van der Waals surface area contributed by atoms with Crippen molar-refractivity contribution in [3.05, 3.63) is 54.1 Å². The van der Waals surface area contributed by atoms with Gasteiger partial charge in [0.25, 0.3) is 0 Å². The molecule has 6 N–H and O–H groups in total. The number of nitrogens with two attached hydrogens (primary N) is 3. The summed E-state index contributed by atoms with van der Waals surface area (Å²) in [6.07, 6.45) is 0. The second-order valence-corrected chi connectivity index (χ2v) is 4.63. The number of carbonyl (C=O) groups is 1. The van der Waals surface area contributed by atoms with Crippen LogP contribution < -0.4 is 17.2 Å². The first-order valence-electron chi connectivity index (χ1n) is 6.72. The first kappa shape index (κ1) is 16.0. The molecule has 0 saturated carbocycles. The molecule has 0 radical (unpaired) electrons. The number of hydrogen-bond donors (Lipinski definition) is 3. The molecule has 0 unspecified atom stereocenters. The first-order valence-corrected chi connectivity index (χ1v) is 6.72. The molecule has 0 aliphatic heterocycles. The van der Waals surface area contributed by atoms with Gasteiger partial charge in [-0.05, 0) is 35.4 Å². The second-order valence-electron chi connectivity index (χ2n) is 4.63. The third-order valence-corrected chi connectivity index (χ3v) is 2.95. The lowest BCUT2D eigenvalue weighted by molar-refractivity contribution is 0.0601. The van der Waals surface area contributed by atoms with Crippen LogP contribution >= 0.6 is 0 Å². The van der Waals surface area contributed by atoms with Crippen molar-refractivity contribution in [2.24, 2.45) is 27.2 Å². The summed E-state index contributed by atoms with van der Waals surface area (Å²) < 4.78 is 4.72. The lowest BCUT2D eigenvalue weighted by Gasteiger charge is -2.05. The van der Waals surface area contributed by atoms with Gasteiger partial charge < -0.3 is 21.9 Å². The molecule has 0 amide bonds. The van der Waals surface area contributed by atoms with E-state index in [0.717, 1.165) is 11.1 Å². The zero-order chi connectivity index (χ0) is 16.8. The van der Waals surface area contributed by atoms with E-state index in [-0.39, 0.29) is 11.9 Å². The molecule has 0 saturated heterocycles. The van der Waals surface area contributed by atoms with E-state index in [0.29, 0.717) is 11.3 Å². The van der Waals surface area contributed by atoms with Crippen LogP contribution in [0, 0.1) is 0 Å². The molecule has 0 heterocycles. The van der Waals surface area contributed by atoms with Crippen LogP contribution in [-0.4, -0.2) is 25.0 Å². The zero-order valence-corrected chi connectivity index (χ0v) is 12.6. The standard InChI is InChI=1S/C16H17N5O2/c1-23-14(22)12-6-2-4-10(8-12)11-5-3-7-13(9-11)20-16(19)21-15(17)18/h2-9H,1H3,(H6,17,18,19,20,21). The smallest absolute Gasteiger partial charge is 0.337 e. The highest BCUT2D eigenvalue weighted by molar-refractivity contribution is 5.94. The number of esters is 1. The van der Waals surface area contributed by atoms with Crippen molar-refractivity contribution in [2.75, 3.05) is 7.11 Å². The van der Waals surface area contributed by atoms with Gasteiger partial charge in [0.2, 0.25) is 5.96 Å². The molecule has 0 atom stereocenters. The van der Waals surface area contributed by atoms with Crippen molar-refractivity contribution in [3.63, 3.8) is 0 Å². The molecule has 7 heteroatoms. The fourth-order valence-corrected chi connectivity index (χ4v) is 1.99. The van der Waals surface area contributed by atoms with Crippen LogP contribution in [-0.2, 0) is 4.74 Å². The predicted molar refractivity (Wildman–Crippen MR) is 90.3 cm³/mol. The average molecular weight is 311 g/mol. The molecule has 2 rings (SSSR count). The lowest BCUT2D eigenvalue weighted by Crippen LogP contribution is -2.26. The van der Waals surface area contributed by atoms with Crippen LogP contribution in [0.25, 0.3) is 11.1 Å². The number of rotatable bonds is 3. The van der Waals surface area contributed by atoms with Crippen LogP contribution in [0.5, 0.6) is 0 Å². The van der Waals surface area contributed by atoms with E-state index in [1.54, 1.807) is 24.3 Å². The van der Waals surface area contributed by atoms with Crippen molar-refractivity contribution in [1.29, 1.82) is 0 Å². The molecule has 118 valence electrons. The molecular formula is C16H17N5O2. The summed E-state index contributed by atoms with van der Waals surface area (Å²) in [5.41, 5.74) is 18.9. The maximum Gasteiger partial charge on any atom is 0.337 e. The van der Waals surface area contributed by atoms with Crippen molar-refractivity contribution in [2.45, 2.75) is 0 Å². The Bertz CT molecular complexity index is 780. The molecule has 0 spiro atoms. The summed E-state index contributed by atoms with van der Waals surface area (Å²) in [5.74, 6) is -0.586. The minimum absolute atomic E-state index is 0.0366. The van der Waals surface area contributed by atoms with Crippen molar-refractivity contribution in [1.82, 2.24) is 0 Å². The van der Waals surface area contributed by atoms with Crippen LogP contribution in [0.4, 0.5) is 5.69 Å². The number of benzene rings is 2. The van der Waals surface area contributed by atoms with E-state index >= 15 is 0 Å². The molecule has 2 aromatic carbocycles. The summed E-state index contributed by atoms with van der Waals surface area (Å²) in [7, 11) is 1.34. The summed E-state index contributed by atoms with van der Waals surface area (Å²) >= 11 is 0. The highest BCUT2D eigenvalue weighted by Crippen LogP contribution is 2.25. The van der Waals surface area contributed by atoms with E-state index in [4.69, 9.17) is 21.9 Å². The van der Waals surface area contributed by atoms with Gasteiger partial charge in [0.1, 0.15) is 0 Å². The molecule has 0 aliphatic rings. The first-order chi connectivity index (χ1) is 11.0. The molecule has 0 fully saturated rings. The Kier molecular flexibility index (Phi) is 4.93. The normalized spacial score (nSPS) is 10.9. The molecular weight excluding hydrogens is 294 g/mol. The van der Waals surface area contributed by atoms with Crippen LogP contribution in [0.15, 0.2) is 58.5 Å². The van der Waals surface area contributed by atoms with Gasteiger partial charge in [-0.3, -0.25) is 0 Å². The van der Waals surface area contributed by atoms with E-state index in [9.17, 15) is 4.79 Å². The maximum absolute atomic E-state index is 11.6. The predicted octanol–water partition coefficient (Wildman–Crippen LogP) is 1.36. The van der Waals surface area contributed by atoms with Crippen molar-refractivity contribution < 1.29 is 9.53 Å². The lowest BCUT2D eigenvalue weighted by atomic mass is 10.0. The fraction of sp³-hybridized carbons (Fsp3) is 0.0625. The molecule has 7 nitrogen and oxygen atoms in total. The third kappa shape index (κ3) is 4.31. The topological polar surface area (TPSA) is 129 Å². The number of carbonyl (C=O) groups excluding carboxylic acids is 1. The van der Waals surface area contributed by atoms with E-state index < -0.39 is 5.97 Å². The molecule has 23 heavy (non-hydrogen) atoms. The Balaban J connectivity index is 2.37.